The van der Waals surface area contributed by atoms with Gasteiger partial charge in [-0.3, -0.25) is 4.79 Å². The van der Waals surface area contributed by atoms with Crippen molar-refractivity contribution in [3.63, 3.8) is 0 Å². The van der Waals surface area contributed by atoms with Crippen molar-refractivity contribution in [3.05, 3.63) is 0 Å². The number of hydrogen-bond donors (Lipinski definition) is 0. The van der Waals surface area contributed by atoms with Crippen LogP contribution in [0.5, 0.6) is 0 Å². The van der Waals surface area contributed by atoms with Gasteiger partial charge in [0.1, 0.15) is 6.61 Å². The predicted molar refractivity (Wildman–Crippen MR) is 75.7 cm³/mol. The molecule has 0 heterocycles. The van der Waals surface area contributed by atoms with Gasteiger partial charge < -0.3 is 9.29 Å². The summed E-state index contributed by atoms with van der Waals surface area (Å²) in [6.45, 7) is -1.43. The van der Waals surface area contributed by atoms with Crippen molar-refractivity contribution in [1.82, 2.24) is 0 Å². The van der Waals surface area contributed by atoms with E-state index in [-0.39, 0.29) is 11.8 Å². The lowest BCUT2D eigenvalue weighted by Crippen LogP contribution is -2.47. The van der Waals surface area contributed by atoms with E-state index >= 15 is 0 Å². The second kappa shape index (κ2) is 5.86. The third-order valence-electron chi connectivity index (χ3n) is 5.77. The first-order valence-corrected chi connectivity index (χ1v) is 9.54. The van der Waals surface area contributed by atoms with Crippen LogP contribution in [0, 0.1) is 23.2 Å². The first-order chi connectivity index (χ1) is 11.0. The van der Waals surface area contributed by atoms with Crippen molar-refractivity contribution in [1.29, 1.82) is 0 Å². The summed E-state index contributed by atoms with van der Waals surface area (Å²) in [5, 5.41) is -5.10. The highest BCUT2D eigenvalue weighted by Gasteiger charge is 2.52. The van der Waals surface area contributed by atoms with Crippen molar-refractivity contribution in [3.8, 4) is 0 Å². The van der Waals surface area contributed by atoms with E-state index in [9.17, 15) is 30.9 Å². The maximum absolute atomic E-state index is 13.3. The SMILES string of the molecule is O=C(CC12CC3CC(CC(C3)C1)C2)OCC(F)C(F)(F)S(=O)(=O)[O-]. The maximum Gasteiger partial charge on any atom is 0.368 e. The topological polar surface area (TPSA) is 83.5 Å². The van der Waals surface area contributed by atoms with E-state index in [1.807, 2.05) is 0 Å². The smallest absolute Gasteiger partial charge is 0.368 e. The van der Waals surface area contributed by atoms with Gasteiger partial charge in [0.2, 0.25) is 6.17 Å². The van der Waals surface area contributed by atoms with E-state index in [1.54, 1.807) is 0 Å². The van der Waals surface area contributed by atoms with Crippen LogP contribution in [0.25, 0.3) is 0 Å². The van der Waals surface area contributed by atoms with Gasteiger partial charge in [0.25, 0.3) is 0 Å². The van der Waals surface area contributed by atoms with Crippen LogP contribution in [0.4, 0.5) is 13.2 Å². The Labute approximate surface area is 138 Å². The molecular formula is C15H20F3O5S-. The van der Waals surface area contributed by atoms with Gasteiger partial charge in [-0.25, -0.2) is 12.8 Å². The number of alkyl halides is 3. The number of rotatable bonds is 6. The van der Waals surface area contributed by atoms with Crippen molar-refractivity contribution >= 4 is 16.1 Å². The number of carbonyl (C=O) groups excluding carboxylic acids is 1. The van der Waals surface area contributed by atoms with Gasteiger partial charge in [-0.05, 0) is 61.7 Å². The Hall–Kier alpha value is -0.830. The molecule has 4 saturated carbocycles. The minimum Gasteiger partial charge on any atom is -0.743 e. The molecule has 138 valence electrons. The number of carbonyl (C=O) groups is 1. The van der Waals surface area contributed by atoms with E-state index in [4.69, 9.17) is 0 Å². The van der Waals surface area contributed by atoms with E-state index in [0.29, 0.717) is 17.8 Å². The quantitative estimate of drug-likeness (QED) is 0.531. The Balaban J connectivity index is 1.55. The third-order valence-corrected chi connectivity index (χ3v) is 6.70. The van der Waals surface area contributed by atoms with Gasteiger partial charge in [-0.2, -0.15) is 8.78 Å². The average Bonchev–Trinajstić information content (AvgIpc) is 2.41. The molecule has 5 nitrogen and oxygen atoms in total. The fourth-order valence-corrected chi connectivity index (χ4v) is 5.66. The summed E-state index contributed by atoms with van der Waals surface area (Å²) in [6.07, 6.45) is 2.91. The number of ether oxygens (including phenoxy) is 1. The molecule has 0 N–H and O–H groups in total. The molecule has 24 heavy (non-hydrogen) atoms. The first kappa shape index (κ1) is 18.0. The molecule has 1 atom stereocenters. The van der Waals surface area contributed by atoms with Gasteiger partial charge in [-0.1, -0.05) is 0 Å². The number of halogens is 3. The van der Waals surface area contributed by atoms with E-state index < -0.39 is 34.1 Å². The van der Waals surface area contributed by atoms with Gasteiger partial charge in [-0.15, -0.1) is 0 Å². The Morgan fingerprint density at radius 2 is 1.62 bits per heavy atom. The maximum atomic E-state index is 13.3. The highest BCUT2D eigenvalue weighted by molar-refractivity contribution is 7.86. The molecule has 1 unspecified atom stereocenters. The van der Waals surface area contributed by atoms with Crippen LogP contribution in [-0.2, 0) is 19.6 Å². The van der Waals surface area contributed by atoms with Gasteiger partial charge in [0, 0.05) is 0 Å². The Morgan fingerprint density at radius 3 is 2.04 bits per heavy atom. The van der Waals surface area contributed by atoms with Crippen molar-refractivity contribution in [2.45, 2.75) is 56.4 Å². The van der Waals surface area contributed by atoms with Crippen LogP contribution >= 0.6 is 0 Å². The minimum absolute atomic E-state index is 0.0406. The van der Waals surface area contributed by atoms with Crippen molar-refractivity contribution in [2.75, 3.05) is 6.61 Å². The van der Waals surface area contributed by atoms with Crippen LogP contribution in [-0.4, -0.2) is 37.0 Å². The first-order valence-electron chi connectivity index (χ1n) is 8.14. The van der Waals surface area contributed by atoms with Gasteiger partial charge >= 0.3 is 11.2 Å². The van der Waals surface area contributed by atoms with Crippen LogP contribution in [0.2, 0.25) is 0 Å². The molecule has 0 saturated heterocycles. The number of hydrogen-bond acceptors (Lipinski definition) is 5. The van der Waals surface area contributed by atoms with Gasteiger partial charge in [0.15, 0.2) is 10.1 Å². The van der Waals surface area contributed by atoms with E-state index in [0.717, 1.165) is 19.3 Å². The molecule has 4 aliphatic rings. The molecule has 0 radical (unpaired) electrons. The monoisotopic (exact) mass is 369 g/mol. The van der Waals surface area contributed by atoms with E-state index in [2.05, 4.69) is 4.74 Å². The zero-order valence-corrected chi connectivity index (χ0v) is 13.9. The Bertz CT molecular complexity index is 583. The molecule has 4 bridgehead atoms. The largest absolute Gasteiger partial charge is 0.743 e. The fourth-order valence-electron chi connectivity index (χ4n) is 5.28. The highest BCUT2D eigenvalue weighted by Crippen LogP contribution is 2.61. The summed E-state index contributed by atoms with van der Waals surface area (Å²) in [4.78, 5) is 11.9. The lowest BCUT2D eigenvalue weighted by atomic mass is 9.49. The lowest BCUT2D eigenvalue weighted by Gasteiger charge is -2.56. The zero-order valence-electron chi connectivity index (χ0n) is 13.0. The van der Waals surface area contributed by atoms with E-state index in [1.165, 1.54) is 19.3 Å². The highest BCUT2D eigenvalue weighted by atomic mass is 32.2. The normalized spacial score (nSPS) is 36.6. The van der Waals surface area contributed by atoms with Gasteiger partial charge in [0.05, 0.1) is 6.42 Å². The minimum atomic E-state index is -6.14. The molecule has 0 aromatic carbocycles. The molecule has 4 aliphatic carbocycles. The molecule has 0 aromatic heterocycles. The summed E-state index contributed by atoms with van der Waals surface area (Å²) >= 11 is 0. The molecule has 0 spiro atoms. The summed E-state index contributed by atoms with van der Waals surface area (Å²) in [5.74, 6) is 0.965. The summed E-state index contributed by atoms with van der Waals surface area (Å²) in [7, 11) is -6.14. The molecule has 9 heteroatoms. The summed E-state index contributed by atoms with van der Waals surface area (Å²) < 4.78 is 75.0. The summed E-state index contributed by atoms with van der Waals surface area (Å²) in [6, 6.07) is 0. The number of esters is 1. The third kappa shape index (κ3) is 3.29. The standard InChI is InChI=1S/C15H21F3O5S/c16-12(15(17,18)24(20,21)22)8-23-13(19)7-14-4-9-1-10(5-14)3-11(2-9)6-14/h9-12H,1-8H2,(H,20,21,22)/p-1. The van der Waals surface area contributed by atoms with Crippen LogP contribution < -0.4 is 0 Å². The molecular weight excluding hydrogens is 349 g/mol. The fraction of sp³-hybridized carbons (Fsp3) is 0.933. The second-order valence-corrected chi connectivity index (χ2v) is 9.21. The van der Waals surface area contributed by atoms with Crippen LogP contribution in [0.3, 0.4) is 0 Å². The summed E-state index contributed by atoms with van der Waals surface area (Å²) in [5.41, 5.74) is -0.190. The average molecular weight is 369 g/mol. The van der Waals surface area contributed by atoms with Crippen molar-refractivity contribution < 1.29 is 35.7 Å². The predicted octanol–water partition coefficient (Wildman–Crippen LogP) is 2.61. The zero-order chi connectivity index (χ0) is 17.8. The van der Waals surface area contributed by atoms with Crippen LogP contribution in [0.15, 0.2) is 0 Å². The second-order valence-electron chi connectivity index (χ2n) is 7.76. The molecule has 4 fully saturated rings. The molecule has 4 rings (SSSR count). The molecule has 0 aromatic rings. The van der Waals surface area contributed by atoms with Crippen molar-refractivity contribution in [2.24, 2.45) is 23.2 Å². The lowest BCUT2D eigenvalue weighted by molar-refractivity contribution is -0.156. The molecule has 0 aliphatic heterocycles. The molecule has 0 amide bonds. The Kier molecular flexibility index (Phi) is 4.39. The Morgan fingerprint density at radius 1 is 1.17 bits per heavy atom. The van der Waals surface area contributed by atoms with Crippen LogP contribution in [0.1, 0.15) is 44.9 Å².